The fourth-order valence-electron chi connectivity index (χ4n) is 2.85. The molecule has 0 heterocycles. The predicted molar refractivity (Wildman–Crippen MR) is 79.8 cm³/mol. The lowest BCUT2D eigenvalue weighted by Gasteiger charge is -2.18. The molecule has 0 aromatic heterocycles. The largest absolute Gasteiger partial charge is 0.303 e. The van der Waals surface area contributed by atoms with E-state index in [2.05, 4.69) is 30.9 Å². The third-order valence-electron chi connectivity index (χ3n) is 4.22. The maximum Gasteiger partial charge on any atom is 0.164 e. The van der Waals surface area contributed by atoms with Crippen molar-refractivity contribution in [2.45, 2.75) is 46.0 Å². The van der Waals surface area contributed by atoms with E-state index in [1.54, 1.807) is 0 Å². The first kappa shape index (κ1) is 14.3. The molecule has 0 aliphatic heterocycles. The Bertz CT molecular complexity index is 435. The molecule has 0 saturated heterocycles. The molecule has 0 spiro atoms. The van der Waals surface area contributed by atoms with Gasteiger partial charge in [-0.1, -0.05) is 26.0 Å². The molecule has 104 valence electrons. The SMILES string of the molecule is CCN(CC)CCC(=O)c1ccc2c(c1)CCCC2. The molecule has 2 heteroatoms. The van der Waals surface area contributed by atoms with Gasteiger partial charge in [-0.05, 0) is 56.0 Å². The van der Waals surface area contributed by atoms with Crippen LogP contribution in [0, 0.1) is 0 Å². The van der Waals surface area contributed by atoms with E-state index in [1.165, 1.54) is 30.4 Å². The van der Waals surface area contributed by atoms with Gasteiger partial charge in [0.25, 0.3) is 0 Å². The highest BCUT2D eigenvalue weighted by molar-refractivity contribution is 5.96. The van der Waals surface area contributed by atoms with E-state index in [0.29, 0.717) is 12.2 Å². The van der Waals surface area contributed by atoms with Gasteiger partial charge in [0.1, 0.15) is 0 Å². The number of hydrogen-bond donors (Lipinski definition) is 0. The fraction of sp³-hybridized carbons (Fsp3) is 0.588. The Morgan fingerprint density at radius 1 is 1.11 bits per heavy atom. The van der Waals surface area contributed by atoms with Crippen molar-refractivity contribution in [3.63, 3.8) is 0 Å². The van der Waals surface area contributed by atoms with Crippen LogP contribution in [0.5, 0.6) is 0 Å². The molecule has 1 aromatic rings. The van der Waals surface area contributed by atoms with Gasteiger partial charge >= 0.3 is 0 Å². The molecule has 0 atom stereocenters. The second kappa shape index (κ2) is 6.85. The van der Waals surface area contributed by atoms with Crippen molar-refractivity contribution in [3.8, 4) is 0 Å². The Balaban J connectivity index is 1.99. The van der Waals surface area contributed by atoms with Crippen LogP contribution in [-0.4, -0.2) is 30.3 Å². The van der Waals surface area contributed by atoms with E-state index < -0.39 is 0 Å². The fourth-order valence-corrected chi connectivity index (χ4v) is 2.85. The predicted octanol–water partition coefficient (Wildman–Crippen LogP) is 3.48. The first-order valence-electron chi connectivity index (χ1n) is 7.62. The molecule has 19 heavy (non-hydrogen) atoms. The lowest BCUT2D eigenvalue weighted by molar-refractivity contribution is 0.0966. The van der Waals surface area contributed by atoms with E-state index in [9.17, 15) is 4.79 Å². The van der Waals surface area contributed by atoms with E-state index in [0.717, 1.165) is 31.6 Å². The Morgan fingerprint density at radius 2 is 1.79 bits per heavy atom. The Kier molecular flexibility index (Phi) is 5.15. The summed E-state index contributed by atoms with van der Waals surface area (Å²) >= 11 is 0. The highest BCUT2D eigenvalue weighted by Crippen LogP contribution is 2.22. The van der Waals surface area contributed by atoms with Gasteiger partial charge < -0.3 is 4.90 Å². The molecule has 0 amide bonds. The number of hydrogen-bond acceptors (Lipinski definition) is 2. The second-order valence-corrected chi connectivity index (χ2v) is 5.39. The van der Waals surface area contributed by atoms with Crippen molar-refractivity contribution in [1.29, 1.82) is 0 Å². The molecule has 0 saturated carbocycles. The summed E-state index contributed by atoms with van der Waals surface area (Å²) in [6.07, 6.45) is 5.53. The van der Waals surface area contributed by atoms with Crippen LogP contribution < -0.4 is 0 Å². The van der Waals surface area contributed by atoms with Crippen LogP contribution in [0.1, 0.15) is 54.6 Å². The Morgan fingerprint density at radius 3 is 2.47 bits per heavy atom. The molecule has 1 aromatic carbocycles. The van der Waals surface area contributed by atoms with Crippen LogP contribution in [0.3, 0.4) is 0 Å². The third-order valence-corrected chi connectivity index (χ3v) is 4.22. The second-order valence-electron chi connectivity index (χ2n) is 5.39. The number of carbonyl (C=O) groups is 1. The molecule has 2 nitrogen and oxygen atoms in total. The highest BCUT2D eigenvalue weighted by atomic mass is 16.1. The number of aryl methyl sites for hydroxylation is 2. The zero-order valence-corrected chi connectivity index (χ0v) is 12.2. The summed E-state index contributed by atoms with van der Waals surface area (Å²) < 4.78 is 0. The van der Waals surface area contributed by atoms with Gasteiger partial charge in [0.2, 0.25) is 0 Å². The summed E-state index contributed by atoms with van der Waals surface area (Å²) in [5.41, 5.74) is 3.76. The molecular weight excluding hydrogens is 234 g/mol. The van der Waals surface area contributed by atoms with Gasteiger partial charge in [0.15, 0.2) is 5.78 Å². The third kappa shape index (κ3) is 3.66. The number of carbonyl (C=O) groups excluding carboxylic acids is 1. The number of ketones is 1. The number of nitrogens with zero attached hydrogens (tertiary/aromatic N) is 1. The summed E-state index contributed by atoms with van der Waals surface area (Å²) in [5.74, 6) is 0.292. The lowest BCUT2D eigenvalue weighted by atomic mass is 9.89. The van der Waals surface area contributed by atoms with Crippen molar-refractivity contribution in [3.05, 3.63) is 34.9 Å². The zero-order valence-electron chi connectivity index (χ0n) is 12.2. The molecule has 0 N–H and O–H groups in total. The topological polar surface area (TPSA) is 20.3 Å². The maximum absolute atomic E-state index is 12.2. The molecule has 0 radical (unpaired) electrons. The maximum atomic E-state index is 12.2. The van der Waals surface area contributed by atoms with Crippen LogP contribution >= 0.6 is 0 Å². The average molecular weight is 259 g/mol. The Hall–Kier alpha value is -1.15. The number of Topliss-reactive ketones (excluding diaryl/α,β-unsaturated/α-hetero) is 1. The van der Waals surface area contributed by atoms with Crippen LogP contribution in [0.15, 0.2) is 18.2 Å². The summed E-state index contributed by atoms with van der Waals surface area (Å²) in [6, 6.07) is 6.33. The van der Waals surface area contributed by atoms with Gasteiger partial charge in [-0.3, -0.25) is 4.79 Å². The van der Waals surface area contributed by atoms with Gasteiger partial charge in [-0.15, -0.1) is 0 Å². The molecule has 0 fully saturated rings. The minimum absolute atomic E-state index is 0.292. The van der Waals surface area contributed by atoms with E-state index >= 15 is 0 Å². The summed E-state index contributed by atoms with van der Waals surface area (Å²) in [4.78, 5) is 14.5. The van der Waals surface area contributed by atoms with Crippen LogP contribution in [-0.2, 0) is 12.8 Å². The molecule has 1 aliphatic rings. The first-order chi connectivity index (χ1) is 9.24. The monoisotopic (exact) mass is 259 g/mol. The highest BCUT2D eigenvalue weighted by Gasteiger charge is 2.13. The first-order valence-corrected chi connectivity index (χ1v) is 7.62. The number of fused-ring (bicyclic) bond motifs is 1. The van der Waals surface area contributed by atoms with Gasteiger partial charge in [-0.25, -0.2) is 0 Å². The minimum atomic E-state index is 0.292. The van der Waals surface area contributed by atoms with Gasteiger partial charge in [-0.2, -0.15) is 0 Å². The van der Waals surface area contributed by atoms with E-state index in [4.69, 9.17) is 0 Å². The van der Waals surface area contributed by atoms with Crippen molar-refractivity contribution in [1.82, 2.24) is 4.90 Å². The van der Waals surface area contributed by atoms with Crippen LogP contribution in [0.25, 0.3) is 0 Å². The van der Waals surface area contributed by atoms with Crippen molar-refractivity contribution < 1.29 is 4.79 Å². The molecular formula is C17H25NO. The van der Waals surface area contributed by atoms with E-state index in [1.807, 2.05) is 6.07 Å². The quantitative estimate of drug-likeness (QED) is 0.729. The summed E-state index contributed by atoms with van der Waals surface area (Å²) in [5, 5.41) is 0. The molecule has 0 unspecified atom stereocenters. The molecule has 1 aliphatic carbocycles. The lowest BCUT2D eigenvalue weighted by Crippen LogP contribution is -2.25. The molecule has 0 bridgehead atoms. The normalized spacial score (nSPS) is 14.5. The standard InChI is InChI=1S/C17H25NO/c1-3-18(4-2)12-11-17(19)16-10-9-14-7-5-6-8-15(14)13-16/h9-10,13H,3-8,11-12H2,1-2H3. The van der Waals surface area contributed by atoms with Crippen molar-refractivity contribution in [2.24, 2.45) is 0 Å². The summed E-state index contributed by atoms with van der Waals surface area (Å²) in [7, 11) is 0. The van der Waals surface area contributed by atoms with Crippen LogP contribution in [0.2, 0.25) is 0 Å². The summed E-state index contributed by atoms with van der Waals surface area (Å²) in [6.45, 7) is 7.21. The van der Waals surface area contributed by atoms with Gasteiger partial charge in [0, 0.05) is 18.5 Å². The smallest absolute Gasteiger partial charge is 0.164 e. The number of benzene rings is 1. The van der Waals surface area contributed by atoms with Crippen molar-refractivity contribution >= 4 is 5.78 Å². The van der Waals surface area contributed by atoms with Crippen molar-refractivity contribution in [2.75, 3.05) is 19.6 Å². The Labute approximate surface area is 116 Å². The number of rotatable bonds is 6. The minimum Gasteiger partial charge on any atom is -0.303 e. The zero-order chi connectivity index (χ0) is 13.7. The molecule has 2 rings (SSSR count). The van der Waals surface area contributed by atoms with Crippen LogP contribution in [0.4, 0.5) is 0 Å². The van der Waals surface area contributed by atoms with E-state index in [-0.39, 0.29) is 0 Å². The van der Waals surface area contributed by atoms with Gasteiger partial charge in [0.05, 0.1) is 0 Å². The average Bonchev–Trinajstić information content (AvgIpc) is 2.47.